The third kappa shape index (κ3) is 4.56. The number of rotatable bonds is 6. The first-order valence-electron chi connectivity index (χ1n) is 6.62. The molecule has 0 saturated heterocycles. The monoisotopic (exact) mass is 308 g/mol. The summed E-state index contributed by atoms with van der Waals surface area (Å²) in [6.45, 7) is 4.68. The van der Waals surface area contributed by atoms with Crippen molar-refractivity contribution in [3.8, 4) is 0 Å². The topological polar surface area (TPSA) is 61.9 Å². The van der Waals surface area contributed by atoms with Crippen molar-refractivity contribution in [2.75, 3.05) is 12.3 Å². The molecule has 1 aromatic heterocycles. The van der Waals surface area contributed by atoms with Crippen molar-refractivity contribution in [3.63, 3.8) is 0 Å². The molecule has 0 unspecified atom stereocenters. The number of nitrogens with zero attached hydrogens (tertiary/aromatic N) is 3. The van der Waals surface area contributed by atoms with E-state index in [1.54, 1.807) is 17.9 Å². The second kappa shape index (κ2) is 7.21. The Kier molecular flexibility index (Phi) is 5.32. The van der Waals surface area contributed by atoms with Crippen LogP contribution in [0.5, 0.6) is 0 Å². The van der Waals surface area contributed by atoms with Gasteiger partial charge in [0, 0.05) is 13.1 Å². The Morgan fingerprint density at radius 3 is 2.90 bits per heavy atom. The minimum absolute atomic E-state index is 0.0192. The Bertz CT molecular complexity index is 617. The lowest BCUT2D eigenvalue weighted by molar-refractivity contribution is -0.128. The van der Waals surface area contributed by atoms with Gasteiger partial charge >= 0.3 is 0 Å². The van der Waals surface area contributed by atoms with Crippen LogP contribution >= 0.6 is 11.8 Å². The SMILES string of the molecule is CCN(Cc1cccc(F)c1)C(=O)CSc1n[nH]c(C)n1. The summed E-state index contributed by atoms with van der Waals surface area (Å²) in [5, 5.41) is 7.27. The lowest BCUT2D eigenvalue weighted by Crippen LogP contribution is -2.31. The molecular formula is C14H17FN4OS. The first-order valence-corrected chi connectivity index (χ1v) is 7.61. The summed E-state index contributed by atoms with van der Waals surface area (Å²) in [6.07, 6.45) is 0. The molecule has 21 heavy (non-hydrogen) atoms. The summed E-state index contributed by atoms with van der Waals surface area (Å²) in [6, 6.07) is 6.30. The van der Waals surface area contributed by atoms with Crippen LogP contribution in [0.25, 0.3) is 0 Å². The zero-order chi connectivity index (χ0) is 15.2. The number of benzene rings is 1. The maximum Gasteiger partial charge on any atom is 0.233 e. The van der Waals surface area contributed by atoms with E-state index in [2.05, 4.69) is 15.2 Å². The van der Waals surface area contributed by atoms with Gasteiger partial charge in [-0.15, -0.1) is 5.10 Å². The summed E-state index contributed by atoms with van der Waals surface area (Å²) in [5.74, 6) is 0.674. The van der Waals surface area contributed by atoms with Crippen LogP contribution in [-0.4, -0.2) is 38.3 Å². The van der Waals surface area contributed by atoms with E-state index in [-0.39, 0.29) is 17.5 Å². The van der Waals surface area contributed by atoms with Gasteiger partial charge in [-0.2, -0.15) is 0 Å². The van der Waals surface area contributed by atoms with E-state index in [1.807, 2.05) is 13.0 Å². The number of hydrogen-bond acceptors (Lipinski definition) is 4. The molecule has 0 saturated carbocycles. The number of aryl methyl sites for hydroxylation is 1. The molecule has 1 heterocycles. The van der Waals surface area contributed by atoms with Crippen LogP contribution in [0.2, 0.25) is 0 Å². The fourth-order valence-corrected chi connectivity index (χ4v) is 2.58. The largest absolute Gasteiger partial charge is 0.338 e. The van der Waals surface area contributed by atoms with Gasteiger partial charge in [-0.1, -0.05) is 23.9 Å². The predicted molar refractivity (Wildman–Crippen MR) is 79.3 cm³/mol. The highest BCUT2D eigenvalue weighted by molar-refractivity contribution is 7.99. The average Bonchev–Trinajstić information content (AvgIpc) is 2.88. The van der Waals surface area contributed by atoms with E-state index in [9.17, 15) is 9.18 Å². The van der Waals surface area contributed by atoms with Gasteiger partial charge in [0.15, 0.2) is 0 Å². The first kappa shape index (κ1) is 15.5. The van der Waals surface area contributed by atoms with Crippen LogP contribution in [0, 0.1) is 12.7 Å². The molecule has 5 nitrogen and oxygen atoms in total. The Morgan fingerprint density at radius 2 is 2.29 bits per heavy atom. The molecule has 0 atom stereocenters. The highest BCUT2D eigenvalue weighted by Crippen LogP contribution is 2.14. The van der Waals surface area contributed by atoms with Crippen molar-refractivity contribution in [3.05, 3.63) is 41.5 Å². The Morgan fingerprint density at radius 1 is 1.48 bits per heavy atom. The molecule has 0 aliphatic carbocycles. The van der Waals surface area contributed by atoms with Gasteiger partial charge in [-0.05, 0) is 31.5 Å². The molecule has 1 amide bonds. The molecule has 2 aromatic rings. The van der Waals surface area contributed by atoms with Crippen molar-refractivity contribution >= 4 is 17.7 Å². The fraction of sp³-hybridized carbons (Fsp3) is 0.357. The van der Waals surface area contributed by atoms with E-state index >= 15 is 0 Å². The fourth-order valence-electron chi connectivity index (χ4n) is 1.84. The van der Waals surface area contributed by atoms with Crippen molar-refractivity contribution < 1.29 is 9.18 Å². The minimum Gasteiger partial charge on any atom is -0.338 e. The van der Waals surface area contributed by atoms with Gasteiger partial charge in [-0.3, -0.25) is 9.89 Å². The van der Waals surface area contributed by atoms with E-state index in [0.29, 0.717) is 18.2 Å². The van der Waals surface area contributed by atoms with Crippen LogP contribution < -0.4 is 0 Å². The molecule has 0 fully saturated rings. The third-order valence-electron chi connectivity index (χ3n) is 2.90. The van der Waals surface area contributed by atoms with E-state index < -0.39 is 0 Å². The molecule has 0 radical (unpaired) electrons. The number of aromatic nitrogens is 3. The van der Waals surface area contributed by atoms with Gasteiger partial charge in [0.2, 0.25) is 11.1 Å². The van der Waals surface area contributed by atoms with Crippen LogP contribution in [0.4, 0.5) is 4.39 Å². The van der Waals surface area contributed by atoms with Crippen LogP contribution in [0.15, 0.2) is 29.4 Å². The summed E-state index contributed by atoms with van der Waals surface area (Å²) < 4.78 is 13.2. The average molecular weight is 308 g/mol. The summed E-state index contributed by atoms with van der Waals surface area (Å²) in [4.78, 5) is 18.0. The number of carbonyl (C=O) groups is 1. The maximum absolute atomic E-state index is 13.2. The second-order valence-electron chi connectivity index (χ2n) is 4.53. The molecular weight excluding hydrogens is 291 g/mol. The second-order valence-corrected chi connectivity index (χ2v) is 5.47. The number of carbonyl (C=O) groups excluding carboxylic acids is 1. The normalized spacial score (nSPS) is 10.6. The molecule has 0 aliphatic rings. The number of halogens is 1. The van der Waals surface area contributed by atoms with Gasteiger partial charge in [0.1, 0.15) is 11.6 Å². The maximum atomic E-state index is 13.2. The first-order chi connectivity index (χ1) is 10.1. The highest BCUT2D eigenvalue weighted by atomic mass is 32.2. The highest BCUT2D eigenvalue weighted by Gasteiger charge is 2.14. The van der Waals surface area contributed by atoms with E-state index in [0.717, 1.165) is 11.4 Å². The lowest BCUT2D eigenvalue weighted by Gasteiger charge is -2.20. The molecule has 112 valence electrons. The summed E-state index contributed by atoms with van der Waals surface area (Å²) in [7, 11) is 0. The third-order valence-corrected chi connectivity index (χ3v) is 3.73. The minimum atomic E-state index is -0.290. The Balaban J connectivity index is 1.92. The van der Waals surface area contributed by atoms with Crippen molar-refractivity contribution in [2.45, 2.75) is 25.5 Å². The van der Waals surface area contributed by atoms with E-state index in [4.69, 9.17) is 0 Å². The Labute approximate surface area is 127 Å². The van der Waals surface area contributed by atoms with Gasteiger partial charge in [0.05, 0.1) is 5.75 Å². The zero-order valence-electron chi connectivity index (χ0n) is 12.0. The summed E-state index contributed by atoms with van der Waals surface area (Å²) in [5.41, 5.74) is 0.781. The number of hydrogen-bond donors (Lipinski definition) is 1. The van der Waals surface area contributed by atoms with Crippen molar-refractivity contribution in [1.29, 1.82) is 0 Å². The molecule has 0 spiro atoms. The van der Waals surface area contributed by atoms with Gasteiger partial charge < -0.3 is 4.90 Å². The van der Waals surface area contributed by atoms with Crippen LogP contribution in [0.3, 0.4) is 0 Å². The number of H-pyrrole nitrogens is 1. The smallest absolute Gasteiger partial charge is 0.233 e. The predicted octanol–water partition coefficient (Wildman–Crippen LogP) is 2.39. The van der Waals surface area contributed by atoms with Crippen LogP contribution in [-0.2, 0) is 11.3 Å². The lowest BCUT2D eigenvalue weighted by atomic mass is 10.2. The van der Waals surface area contributed by atoms with Gasteiger partial charge in [-0.25, -0.2) is 9.37 Å². The van der Waals surface area contributed by atoms with Gasteiger partial charge in [0.25, 0.3) is 0 Å². The van der Waals surface area contributed by atoms with E-state index in [1.165, 1.54) is 23.9 Å². The molecule has 0 aliphatic heterocycles. The quantitative estimate of drug-likeness (QED) is 0.832. The number of nitrogens with one attached hydrogen (secondary N) is 1. The molecule has 0 bridgehead atoms. The Hall–Kier alpha value is -1.89. The molecule has 1 aromatic carbocycles. The standard InChI is InChI=1S/C14H17FN4OS/c1-3-19(8-11-5-4-6-12(15)7-11)13(20)9-21-14-16-10(2)17-18-14/h4-7H,3,8-9H2,1-2H3,(H,16,17,18). The number of aromatic amines is 1. The molecule has 2 rings (SSSR count). The zero-order valence-corrected chi connectivity index (χ0v) is 12.8. The number of amides is 1. The van der Waals surface area contributed by atoms with Crippen LogP contribution in [0.1, 0.15) is 18.3 Å². The summed E-state index contributed by atoms with van der Waals surface area (Å²) >= 11 is 1.29. The molecule has 1 N–H and O–H groups in total. The number of thioether (sulfide) groups is 1. The van der Waals surface area contributed by atoms with Crippen molar-refractivity contribution in [2.24, 2.45) is 0 Å². The molecule has 7 heteroatoms. The van der Waals surface area contributed by atoms with Crippen molar-refractivity contribution in [1.82, 2.24) is 20.1 Å².